The normalized spacial score (nSPS) is 15.1. The van der Waals surface area contributed by atoms with Crippen molar-refractivity contribution in [3.05, 3.63) is 198 Å². The van der Waals surface area contributed by atoms with Gasteiger partial charge in [-0.3, -0.25) is 0 Å². The van der Waals surface area contributed by atoms with Crippen LogP contribution in [0.15, 0.2) is 170 Å². The van der Waals surface area contributed by atoms with Gasteiger partial charge in [-0.15, -0.1) is 0 Å². The van der Waals surface area contributed by atoms with E-state index in [-0.39, 0.29) is 5.92 Å². The second-order valence-electron chi connectivity index (χ2n) is 12.8. The fourth-order valence-electron chi connectivity index (χ4n) is 6.94. The lowest BCUT2D eigenvalue weighted by Gasteiger charge is -2.28. The van der Waals surface area contributed by atoms with E-state index < -0.39 is 0 Å². The van der Waals surface area contributed by atoms with Gasteiger partial charge in [0.15, 0.2) is 0 Å². The van der Waals surface area contributed by atoms with Gasteiger partial charge < -0.3 is 9.80 Å². The molecule has 0 radical (unpaired) electrons. The summed E-state index contributed by atoms with van der Waals surface area (Å²) in [6, 6.07) is 34.0. The predicted molar refractivity (Wildman–Crippen MR) is 215 cm³/mol. The van der Waals surface area contributed by atoms with Crippen molar-refractivity contribution in [2.24, 2.45) is 0 Å². The lowest BCUT2D eigenvalue weighted by molar-refractivity contribution is 0.936. The lowest BCUT2D eigenvalue weighted by Crippen LogP contribution is -2.21. The molecule has 0 bridgehead atoms. The number of nitrogens with zero attached hydrogens (tertiary/aromatic N) is 2. The molecule has 4 aromatic rings. The quantitative estimate of drug-likeness (QED) is 0.159. The van der Waals surface area contributed by atoms with Crippen LogP contribution in [0.4, 0.5) is 22.7 Å². The molecule has 0 aliphatic heterocycles. The first-order chi connectivity index (χ1) is 23.8. The number of allylic oxidation sites excluding steroid dienone is 10. The van der Waals surface area contributed by atoms with Gasteiger partial charge in [-0.2, -0.15) is 0 Å². The Hall–Kier alpha value is -5.34. The van der Waals surface area contributed by atoms with Crippen molar-refractivity contribution >= 4 is 28.3 Å². The molecule has 6 rings (SSSR count). The first-order valence-corrected chi connectivity index (χ1v) is 17.4. The van der Waals surface area contributed by atoms with E-state index in [9.17, 15) is 0 Å². The highest BCUT2D eigenvalue weighted by Crippen LogP contribution is 2.51. The van der Waals surface area contributed by atoms with Crippen molar-refractivity contribution in [3.63, 3.8) is 0 Å². The van der Waals surface area contributed by atoms with Crippen LogP contribution in [0.5, 0.6) is 0 Å². The molecule has 0 fully saturated rings. The van der Waals surface area contributed by atoms with Crippen molar-refractivity contribution in [1.82, 2.24) is 0 Å². The molecule has 248 valence electrons. The van der Waals surface area contributed by atoms with Crippen molar-refractivity contribution in [1.29, 1.82) is 0 Å². The van der Waals surface area contributed by atoms with Crippen LogP contribution >= 0.6 is 0 Å². The smallest absolute Gasteiger partial charge is 0.0463 e. The summed E-state index contributed by atoms with van der Waals surface area (Å²) < 4.78 is 0. The molecule has 2 aliphatic carbocycles. The minimum absolute atomic E-state index is 0.279. The number of benzene rings is 4. The van der Waals surface area contributed by atoms with Crippen LogP contribution in [0, 0.1) is 13.8 Å². The van der Waals surface area contributed by atoms with E-state index in [1.807, 2.05) is 13.0 Å². The van der Waals surface area contributed by atoms with Gasteiger partial charge in [0.1, 0.15) is 0 Å². The number of likely N-dealkylation sites (N-methyl/N-ethyl adjacent to an activating group) is 1. The minimum Gasteiger partial charge on any atom is -0.342 e. The summed E-state index contributed by atoms with van der Waals surface area (Å²) in [4.78, 5) is 4.67. The van der Waals surface area contributed by atoms with Crippen molar-refractivity contribution in [2.75, 3.05) is 16.3 Å². The van der Waals surface area contributed by atoms with Crippen molar-refractivity contribution < 1.29 is 0 Å². The van der Waals surface area contributed by atoms with E-state index >= 15 is 0 Å². The van der Waals surface area contributed by atoms with Crippen LogP contribution in [-0.2, 0) is 0 Å². The Balaban J connectivity index is 0.00000111. The van der Waals surface area contributed by atoms with E-state index in [0.717, 1.165) is 47.8 Å². The maximum Gasteiger partial charge on any atom is 0.0463 e. The Kier molecular flexibility index (Phi) is 11.5. The van der Waals surface area contributed by atoms with Crippen molar-refractivity contribution in [2.45, 2.75) is 53.4 Å². The van der Waals surface area contributed by atoms with Gasteiger partial charge in [0.05, 0.1) is 0 Å². The maximum absolute atomic E-state index is 3.92. The van der Waals surface area contributed by atoms with Crippen molar-refractivity contribution in [3.8, 4) is 0 Å². The Morgan fingerprint density at radius 1 is 0.714 bits per heavy atom. The highest BCUT2D eigenvalue weighted by Gasteiger charge is 2.32. The molecule has 4 aromatic carbocycles. The molecule has 0 saturated carbocycles. The number of hydrogen-bond acceptors (Lipinski definition) is 2. The molecule has 0 amide bonds. The van der Waals surface area contributed by atoms with Crippen LogP contribution in [0.25, 0.3) is 5.57 Å². The van der Waals surface area contributed by atoms with Gasteiger partial charge in [0, 0.05) is 40.9 Å². The third-order valence-corrected chi connectivity index (χ3v) is 9.29. The van der Waals surface area contributed by atoms with Crippen LogP contribution in [-0.4, -0.2) is 6.54 Å². The molecule has 0 spiro atoms. The summed E-state index contributed by atoms with van der Waals surface area (Å²) >= 11 is 0. The summed E-state index contributed by atoms with van der Waals surface area (Å²) in [7, 11) is 0. The first-order valence-electron chi connectivity index (χ1n) is 17.4. The molecule has 2 nitrogen and oxygen atoms in total. The van der Waals surface area contributed by atoms with E-state index in [2.05, 4.69) is 173 Å². The molecule has 1 unspecified atom stereocenters. The zero-order valence-corrected chi connectivity index (χ0v) is 29.9. The monoisotopic (exact) mass is 642 g/mol. The highest BCUT2D eigenvalue weighted by atomic mass is 15.2. The zero-order valence-electron chi connectivity index (χ0n) is 29.9. The number of anilines is 4. The summed E-state index contributed by atoms with van der Waals surface area (Å²) in [6.07, 6.45) is 16.1. The minimum atomic E-state index is 0.279. The van der Waals surface area contributed by atoms with Crippen LogP contribution in [0.3, 0.4) is 0 Å². The third-order valence-electron chi connectivity index (χ3n) is 9.29. The average Bonchev–Trinajstić information content (AvgIpc) is 3.43. The molecule has 0 N–H and O–H groups in total. The summed E-state index contributed by atoms with van der Waals surface area (Å²) in [5, 5.41) is 0. The molecule has 0 saturated heterocycles. The van der Waals surface area contributed by atoms with Gasteiger partial charge in [-0.05, 0) is 136 Å². The predicted octanol–water partition coefficient (Wildman–Crippen LogP) is 13.2. The molecule has 2 heteroatoms. The van der Waals surface area contributed by atoms with Crippen LogP contribution < -0.4 is 9.80 Å². The highest BCUT2D eigenvalue weighted by molar-refractivity contribution is 5.84. The van der Waals surface area contributed by atoms with E-state index in [0.29, 0.717) is 0 Å². The molecule has 0 aromatic heterocycles. The number of rotatable bonds is 10. The zero-order chi connectivity index (χ0) is 34.9. The molecule has 1 atom stereocenters. The Labute approximate surface area is 295 Å². The number of fused-ring (bicyclic) bond motifs is 2. The standard InChI is InChI=1S/C43H44N2.C4H6/c1-7-10-34(11-8-2)44(9-3)35-22-24-38(25-23-35)45(36-18-12-30(4)13-19-36)37-20-16-33(17-21-37)43-41-28-31(5)14-26-39(41)40-27-15-32(6)29-42(40)43;1-3-4-2/h7-8,10-14,16-26,28-29,43H,1,9,15,27H2,2-6H3;3-4H,1-2H2/b11-8-,34-10+;. The molecule has 2 aliphatic rings. The summed E-state index contributed by atoms with van der Waals surface area (Å²) in [5.74, 6) is 0.279. The van der Waals surface area contributed by atoms with Gasteiger partial charge in [0.25, 0.3) is 0 Å². The van der Waals surface area contributed by atoms with Gasteiger partial charge in [0.2, 0.25) is 0 Å². The lowest BCUT2D eigenvalue weighted by atomic mass is 9.85. The average molecular weight is 643 g/mol. The summed E-state index contributed by atoms with van der Waals surface area (Å²) in [5.41, 5.74) is 17.0. The molecular formula is C47H50N2. The second-order valence-corrected chi connectivity index (χ2v) is 12.8. The van der Waals surface area contributed by atoms with Gasteiger partial charge in [-0.25, -0.2) is 0 Å². The molecular weight excluding hydrogens is 593 g/mol. The molecule has 0 heterocycles. The van der Waals surface area contributed by atoms with E-state index in [4.69, 9.17) is 0 Å². The fraction of sp³-hybridized carbons (Fsp3) is 0.191. The first kappa shape index (κ1) is 35.0. The van der Waals surface area contributed by atoms with Crippen LogP contribution in [0.2, 0.25) is 0 Å². The largest absolute Gasteiger partial charge is 0.342 e. The number of hydrogen-bond donors (Lipinski definition) is 0. The van der Waals surface area contributed by atoms with E-state index in [1.165, 1.54) is 44.5 Å². The van der Waals surface area contributed by atoms with E-state index in [1.54, 1.807) is 12.2 Å². The second kappa shape index (κ2) is 16.2. The third kappa shape index (κ3) is 7.71. The summed E-state index contributed by atoms with van der Waals surface area (Å²) in [6.45, 7) is 22.4. The Bertz CT molecular complexity index is 1910. The van der Waals surface area contributed by atoms with Gasteiger partial charge >= 0.3 is 0 Å². The Morgan fingerprint density at radius 2 is 1.29 bits per heavy atom. The molecule has 49 heavy (non-hydrogen) atoms. The topological polar surface area (TPSA) is 6.48 Å². The fourth-order valence-corrected chi connectivity index (χ4v) is 6.94. The Morgan fingerprint density at radius 3 is 1.86 bits per heavy atom. The maximum atomic E-state index is 3.92. The van der Waals surface area contributed by atoms with Crippen LogP contribution in [0.1, 0.15) is 67.3 Å². The van der Waals surface area contributed by atoms with Gasteiger partial charge in [-0.1, -0.05) is 109 Å². The SMILES string of the molecule is C=C/C=C(\C=C/C)N(CC)c1ccc(N(c2ccc(C)cc2)c2ccc(C3C4=C(CCC(C)=C4)c4ccc(C)cc43)cc2)cc1.C=CC=C. The number of aryl methyl sites for hydroxylation is 2.